The molecule has 2 aromatic carbocycles. The lowest BCUT2D eigenvalue weighted by Gasteiger charge is -2.32. The predicted octanol–water partition coefficient (Wildman–Crippen LogP) is 5.18. The Kier molecular flexibility index (Phi) is 7.26. The van der Waals surface area contributed by atoms with E-state index in [4.69, 9.17) is 19.0 Å². The van der Waals surface area contributed by atoms with Gasteiger partial charge in [0.2, 0.25) is 0 Å². The topological polar surface area (TPSA) is 97.1 Å². The lowest BCUT2D eigenvalue weighted by Crippen LogP contribution is -2.38. The predicted molar refractivity (Wildman–Crippen MR) is 131 cm³/mol. The van der Waals surface area contributed by atoms with Crippen LogP contribution in [0, 0.1) is 0 Å². The van der Waals surface area contributed by atoms with Gasteiger partial charge in [-0.15, -0.1) is 0 Å². The van der Waals surface area contributed by atoms with Crippen molar-refractivity contribution in [2.24, 2.45) is 0 Å². The average Bonchev–Trinajstić information content (AvgIpc) is 3.15. The van der Waals surface area contributed by atoms with Crippen LogP contribution in [0.5, 0.6) is 11.5 Å². The van der Waals surface area contributed by atoms with Crippen molar-refractivity contribution in [2.45, 2.75) is 65.3 Å². The van der Waals surface area contributed by atoms with Gasteiger partial charge < -0.3 is 24.3 Å². The van der Waals surface area contributed by atoms with Crippen LogP contribution in [-0.2, 0) is 6.54 Å². The summed E-state index contributed by atoms with van der Waals surface area (Å²) in [6, 6.07) is 11.5. The molecule has 1 aromatic heterocycles. The summed E-state index contributed by atoms with van der Waals surface area (Å²) in [7, 11) is 0. The highest BCUT2D eigenvalue weighted by Crippen LogP contribution is 2.27. The number of benzene rings is 2. The Morgan fingerprint density at radius 3 is 2.32 bits per heavy atom. The van der Waals surface area contributed by atoms with E-state index in [9.17, 15) is 4.79 Å². The van der Waals surface area contributed by atoms with E-state index in [-0.39, 0.29) is 23.8 Å². The van der Waals surface area contributed by atoms with Gasteiger partial charge in [-0.2, -0.15) is 4.98 Å². The third-order valence-corrected chi connectivity index (χ3v) is 5.64. The van der Waals surface area contributed by atoms with Crippen molar-refractivity contribution in [2.75, 3.05) is 18.4 Å². The Labute approximate surface area is 199 Å². The van der Waals surface area contributed by atoms with Crippen molar-refractivity contribution in [3.63, 3.8) is 0 Å². The summed E-state index contributed by atoms with van der Waals surface area (Å²) >= 11 is 0. The van der Waals surface area contributed by atoms with Gasteiger partial charge in [0.25, 0.3) is 6.01 Å². The molecule has 2 heterocycles. The fourth-order valence-corrected chi connectivity index (χ4v) is 4.19. The van der Waals surface area contributed by atoms with Gasteiger partial charge in [0.1, 0.15) is 17.0 Å². The molecule has 1 saturated heterocycles. The van der Waals surface area contributed by atoms with Crippen LogP contribution in [0.25, 0.3) is 11.1 Å². The molecule has 1 aliphatic rings. The molecule has 0 amide bonds. The van der Waals surface area contributed by atoms with Crippen LogP contribution >= 0.6 is 0 Å². The van der Waals surface area contributed by atoms with E-state index >= 15 is 0 Å². The zero-order chi connectivity index (χ0) is 24.2. The maximum absolute atomic E-state index is 11.2. The SMILES string of the molecule is CC(C)Oc1cc(CN2CCC(Nc3nc4cc(C(=O)O)ccc4o3)CC2)cc(OC(C)C)c1. The maximum atomic E-state index is 11.2. The summed E-state index contributed by atoms with van der Waals surface area (Å²) in [4.78, 5) is 18.0. The van der Waals surface area contributed by atoms with Gasteiger partial charge in [-0.3, -0.25) is 4.90 Å². The number of ether oxygens (including phenoxy) is 2. The van der Waals surface area contributed by atoms with Crippen molar-refractivity contribution in [3.05, 3.63) is 47.5 Å². The summed E-state index contributed by atoms with van der Waals surface area (Å²) in [6.07, 6.45) is 2.12. The standard InChI is InChI=1S/C26H33N3O5/c1-16(2)32-21-11-18(12-22(14-21)33-17(3)4)15-29-9-7-20(8-10-29)27-26-28-23-13-19(25(30)31)5-6-24(23)34-26/h5-6,11-14,16-17,20H,7-10,15H2,1-4H3,(H,27,28)(H,30,31). The van der Waals surface area contributed by atoms with E-state index in [2.05, 4.69) is 27.3 Å². The summed E-state index contributed by atoms with van der Waals surface area (Å²) < 4.78 is 17.6. The molecule has 1 aliphatic heterocycles. The van der Waals surface area contributed by atoms with E-state index in [1.165, 1.54) is 17.7 Å². The summed E-state index contributed by atoms with van der Waals surface area (Å²) in [6.45, 7) is 10.8. The monoisotopic (exact) mass is 467 g/mol. The van der Waals surface area contributed by atoms with Crippen molar-refractivity contribution in [1.82, 2.24) is 9.88 Å². The van der Waals surface area contributed by atoms with Crippen LogP contribution in [0.2, 0.25) is 0 Å². The van der Waals surface area contributed by atoms with Crippen molar-refractivity contribution in [1.29, 1.82) is 0 Å². The van der Waals surface area contributed by atoms with Crippen molar-refractivity contribution < 1.29 is 23.8 Å². The number of carbonyl (C=O) groups is 1. The van der Waals surface area contributed by atoms with Crippen LogP contribution < -0.4 is 14.8 Å². The van der Waals surface area contributed by atoms with Crippen LogP contribution in [0.4, 0.5) is 6.01 Å². The van der Waals surface area contributed by atoms with Crippen LogP contribution in [-0.4, -0.2) is 52.3 Å². The largest absolute Gasteiger partial charge is 0.491 e. The Balaban J connectivity index is 1.35. The molecule has 182 valence electrons. The van der Waals surface area contributed by atoms with Gasteiger partial charge in [0, 0.05) is 31.7 Å². The van der Waals surface area contributed by atoms with Gasteiger partial charge in [0.15, 0.2) is 5.58 Å². The third kappa shape index (κ3) is 6.20. The second-order valence-electron chi connectivity index (χ2n) is 9.35. The van der Waals surface area contributed by atoms with E-state index in [1.54, 1.807) is 6.07 Å². The number of nitrogens with one attached hydrogen (secondary N) is 1. The van der Waals surface area contributed by atoms with E-state index < -0.39 is 5.97 Å². The minimum Gasteiger partial charge on any atom is -0.491 e. The number of aromatic carboxylic acids is 1. The minimum absolute atomic E-state index is 0.103. The van der Waals surface area contributed by atoms with Crippen LogP contribution in [0.3, 0.4) is 0 Å². The number of oxazole rings is 1. The number of carboxylic acids is 1. The highest BCUT2D eigenvalue weighted by Gasteiger charge is 2.21. The molecule has 1 fully saturated rings. The summed E-state index contributed by atoms with van der Waals surface area (Å²) in [5, 5.41) is 12.5. The molecule has 0 atom stereocenters. The number of anilines is 1. The van der Waals surface area contributed by atoms with Gasteiger partial charge >= 0.3 is 5.97 Å². The summed E-state index contributed by atoms with van der Waals surface area (Å²) in [5.74, 6) is 0.694. The third-order valence-electron chi connectivity index (χ3n) is 5.64. The number of likely N-dealkylation sites (tertiary alicyclic amines) is 1. The Morgan fingerprint density at radius 2 is 1.74 bits per heavy atom. The molecule has 0 saturated carbocycles. The Bertz CT molecular complexity index is 1100. The smallest absolute Gasteiger partial charge is 0.335 e. The number of rotatable bonds is 9. The zero-order valence-corrected chi connectivity index (χ0v) is 20.2. The molecule has 4 rings (SSSR count). The molecule has 2 N–H and O–H groups in total. The first-order chi connectivity index (χ1) is 16.2. The highest BCUT2D eigenvalue weighted by atomic mass is 16.5. The second kappa shape index (κ2) is 10.3. The van der Waals surface area contributed by atoms with Crippen molar-refractivity contribution in [3.8, 4) is 11.5 Å². The molecule has 3 aromatic rings. The van der Waals surface area contributed by atoms with Gasteiger partial charge in [0.05, 0.1) is 17.8 Å². The molecular weight excluding hydrogens is 434 g/mol. The Morgan fingerprint density at radius 1 is 1.09 bits per heavy atom. The normalized spacial score (nSPS) is 15.2. The fourth-order valence-electron chi connectivity index (χ4n) is 4.19. The number of aromatic nitrogens is 1. The van der Waals surface area contributed by atoms with E-state index in [0.717, 1.165) is 44.0 Å². The van der Waals surface area contributed by atoms with Crippen molar-refractivity contribution >= 4 is 23.1 Å². The van der Waals surface area contributed by atoms with Gasteiger partial charge in [-0.05, 0) is 76.4 Å². The first-order valence-electron chi connectivity index (χ1n) is 11.8. The molecule has 0 spiro atoms. The quantitative estimate of drug-likeness (QED) is 0.444. The molecule has 0 aliphatic carbocycles. The maximum Gasteiger partial charge on any atom is 0.335 e. The first-order valence-corrected chi connectivity index (χ1v) is 11.8. The second-order valence-corrected chi connectivity index (χ2v) is 9.35. The number of hydrogen-bond acceptors (Lipinski definition) is 7. The van der Waals surface area contributed by atoms with Crippen LogP contribution in [0.1, 0.15) is 56.5 Å². The number of piperidine rings is 1. The molecule has 34 heavy (non-hydrogen) atoms. The molecule has 8 heteroatoms. The molecule has 8 nitrogen and oxygen atoms in total. The minimum atomic E-state index is -0.976. The zero-order valence-electron chi connectivity index (χ0n) is 20.2. The molecule has 0 bridgehead atoms. The molecular formula is C26H33N3O5. The fraction of sp³-hybridized carbons (Fsp3) is 0.462. The van der Waals surface area contributed by atoms with E-state index in [1.807, 2.05) is 33.8 Å². The van der Waals surface area contributed by atoms with E-state index in [0.29, 0.717) is 17.1 Å². The Hall–Kier alpha value is -3.26. The number of hydrogen-bond donors (Lipinski definition) is 2. The molecule has 0 unspecified atom stereocenters. The first kappa shape index (κ1) is 23.9. The lowest BCUT2D eigenvalue weighted by molar-refractivity contribution is 0.0697. The number of carboxylic acid groups (broad SMARTS) is 1. The average molecular weight is 468 g/mol. The lowest BCUT2D eigenvalue weighted by atomic mass is 10.0. The molecule has 0 radical (unpaired) electrons. The summed E-state index contributed by atoms with van der Waals surface area (Å²) in [5.41, 5.74) is 2.49. The van der Waals surface area contributed by atoms with Crippen LogP contribution in [0.15, 0.2) is 40.8 Å². The van der Waals surface area contributed by atoms with Gasteiger partial charge in [-0.1, -0.05) is 0 Å². The number of fused-ring (bicyclic) bond motifs is 1. The number of nitrogens with zero attached hydrogens (tertiary/aromatic N) is 2. The highest BCUT2D eigenvalue weighted by molar-refractivity contribution is 5.92. The van der Waals surface area contributed by atoms with Gasteiger partial charge in [-0.25, -0.2) is 4.79 Å².